The molecule has 5 nitrogen and oxygen atoms in total. The summed E-state index contributed by atoms with van der Waals surface area (Å²) in [5.74, 6) is 0.484. The minimum Gasteiger partial charge on any atom is -0.467 e. The molecule has 0 spiro atoms. The van der Waals surface area contributed by atoms with Gasteiger partial charge >= 0.3 is 0 Å². The Kier molecular flexibility index (Phi) is 4.82. The molecule has 0 aliphatic carbocycles. The Bertz CT molecular complexity index is 847. The maximum atomic E-state index is 12.2. The van der Waals surface area contributed by atoms with Crippen molar-refractivity contribution in [1.29, 1.82) is 0 Å². The number of furan rings is 1. The smallest absolute Gasteiger partial charge is 0.253 e. The van der Waals surface area contributed by atoms with Crippen LogP contribution in [0.1, 0.15) is 21.7 Å². The Balaban J connectivity index is 1.70. The lowest BCUT2D eigenvalue weighted by atomic mass is 10.2. The minimum atomic E-state index is -0.213. The fourth-order valence-electron chi connectivity index (χ4n) is 2.24. The quantitative estimate of drug-likeness (QED) is 0.725. The summed E-state index contributed by atoms with van der Waals surface area (Å²) in [6, 6.07) is 10.9. The summed E-state index contributed by atoms with van der Waals surface area (Å²) in [4.78, 5) is 16.3. The van der Waals surface area contributed by atoms with Crippen LogP contribution in [-0.2, 0) is 6.54 Å². The van der Waals surface area contributed by atoms with E-state index in [4.69, 9.17) is 16.0 Å². The van der Waals surface area contributed by atoms with Crippen molar-refractivity contribution in [3.05, 3.63) is 77.0 Å². The second kappa shape index (κ2) is 7.19. The molecule has 0 saturated heterocycles. The molecule has 0 fully saturated rings. The van der Waals surface area contributed by atoms with Crippen LogP contribution in [0.25, 0.3) is 0 Å². The molecule has 24 heavy (non-hydrogen) atoms. The average molecular weight is 342 g/mol. The highest BCUT2D eigenvalue weighted by Gasteiger charge is 2.08. The summed E-state index contributed by atoms with van der Waals surface area (Å²) in [6.45, 7) is 2.29. The van der Waals surface area contributed by atoms with Gasteiger partial charge in [-0.2, -0.15) is 0 Å². The van der Waals surface area contributed by atoms with Gasteiger partial charge in [-0.3, -0.25) is 9.78 Å². The van der Waals surface area contributed by atoms with Crippen molar-refractivity contribution in [3.63, 3.8) is 0 Å². The number of nitrogens with zero attached hydrogens (tertiary/aromatic N) is 1. The second-order valence-electron chi connectivity index (χ2n) is 5.31. The van der Waals surface area contributed by atoms with Crippen LogP contribution in [0.15, 0.2) is 59.5 Å². The molecule has 0 aliphatic rings. The molecule has 3 aromatic rings. The van der Waals surface area contributed by atoms with Crippen LogP contribution in [0.3, 0.4) is 0 Å². The standard InChI is InChI=1S/C18H16ClN3O2/c1-12-7-14(19)4-5-17(12)22-15-8-13(9-20-10-15)18(23)21-11-16-3-2-6-24-16/h2-10,22H,11H2,1H3,(H,21,23). The van der Waals surface area contributed by atoms with Gasteiger partial charge in [0.05, 0.1) is 30.3 Å². The van der Waals surface area contributed by atoms with Gasteiger partial charge in [0.1, 0.15) is 5.76 Å². The van der Waals surface area contributed by atoms with Crippen LogP contribution in [0.4, 0.5) is 11.4 Å². The van der Waals surface area contributed by atoms with Crippen LogP contribution in [0.2, 0.25) is 5.02 Å². The first kappa shape index (κ1) is 16.1. The molecule has 0 unspecified atom stereocenters. The van der Waals surface area contributed by atoms with Gasteiger partial charge < -0.3 is 15.1 Å². The second-order valence-corrected chi connectivity index (χ2v) is 5.75. The number of carbonyl (C=O) groups is 1. The molecule has 1 aromatic carbocycles. The molecule has 2 heterocycles. The van der Waals surface area contributed by atoms with E-state index in [1.54, 1.807) is 30.7 Å². The first-order valence-corrected chi connectivity index (χ1v) is 7.78. The number of aryl methyl sites for hydroxylation is 1. The number of anilines is 2. The van der Waals surface area contributed by atoms with Crippen molar-refractivity contribution in [2.24, 2.45) is 0 Å². The number of hydrogen-bond donors (Lipinski definition) is 2. The number of nitrogens with one attached hydrogen (secondary N) is 2. The number of hydrogen-bond acceptors (Lipinski definition) is 4. The predicted octanol–water partition coefficient (Wildman–Crippen LogP) is 4.31. The fraction of sp³-hybridized carbons (Fsp3) is 0.111. The number of pyridine rings is 1. The summed E-state index contributed by atoms with van der Waals surface area (Å²) in [5, 5.41) is 6.72. The SMILES string of the molecule is Cc1cc(Cl)ccc1Nc1cncc(C(=O)NCc2ccco2)c1. The molecule has 2 aromatic heterocycles. The lowest BCUT2D eigenvalue weighted by Crippen LogP contribution is -2.22. The molecule has 0 saturated carbocycles. The first-order valence-electron chi connectivity index (χ1n) is 7.40. The van der Waals surface area contributed by atoms with E-state index >= 15 is 0 Å². The van der Waals surface area contributed by atoms with Crippen molar-refractivity contribution >= 4 is 28.9 Å². The summed E-state index contributed by atoms with van der Waals surface area (Å²) < 4.78 is 5.19. The van der Waals surface area contributed by atoms with Crippen molar-refractivity contribution in [1.82, 2.24) is 10.3 Å². The van der Waals surface area contributed by atoms with Crippen LogP contribution >= 0.6 is 11.6 Å². The zero-order chi connectivity index (χ0) is 16.9. The molecular weight excluding hydrogens is 326 g/mol. The molecular formula is C18H16ClN3O2. The van der Waals surface area contributed by atoms with Crippen LogP contribution in [-0.4, -0.2) is 10.9 Å². The molecule has 0 atom stereocenters. The number of carbonyl (C=O) groups excluding carboxylic acids is 1. The maximum absolute atomic E-state index is 12.2. The van der Waals surface area contributed by atoms with Gasteiger partial charge in [-0.1, -0.05) is 11.6 Å². The van der Waals surface area contributed by atoms with Gasteiger partial charge in [0.25, 0.3) is 5.91 Å². The minimum absolute atomic E-state index is 0.213. The highest BCUT2D eigenvalue weighted by atomic mass is 35.5. The number of rotatable bonds is 5. The average Bonchev–Trinajstić information content (AvgIpc) is 3.09. The van der Waals surface area contributed by atoms with Crippen molar-refractivity contribution < 1.29 is 9.21 Å². The topological polar surface area (TPSA) is 67.2 Å². The van der Waals surface area contributed by atoms with Crippen LogP contribution < -0.4 is 10.6 Å². The van der Waals surface area contributed by atoms with Crippen molar-refractivity contribution in [2.45, 2.75) is 13.5 Å². The highest BCUT2D eigenvalue weighted by Crippen LogP contribution is 2.23. The zero-order valence-electron chi connectivity index (χ0n) is 13.0. The Morgan fingerprint density at radius 2 is 2.12 bits per heavy atom. The van der Waals surface area contributed by atoms with Gasteiger partial charge in [0.2, 0.25) is 0 Å². The van der Waals surface area contributed by atoms with E-state index in [0.717, 1.165) is 16.9 Å². The molecule has 0 aliphatic heterocycles. The third kappa shape index (κ3) is 3.94. The van der Waals surface area contributed by atoms with E-state index in [1.807, 2.05) is 25.1 Å². The maximum Gasteiger partial charge on any atom is 0.253 e. The van der Waals surface area contributed by atoms with Gasteiger partial charge in [-0.25, -0.2) is 0 Å². The van der Waals surface area contributed by atoms with Crippen LogP contribution in [0.5, 0.6) is 0 Å². The van der Waals surface area contributed by atoms with E-state index in [0.29, 0.717) is 22.9 Å². The van der Waals surface area contributed by atoms with E-state index < -0.39 is 0 Å². The third-order valence-corrected chi connectivity index (χ3v) is 3.71. The van der Waals surface area contributed by atoms with E-state index in [2.05, 4.69) is 15.6 Å². The number of aromatic nitrogens is 1. The number of amides is 1. The molecule has 3 rings (SSSR count). The van der Waals surface area contributed by atoms with Gasteiger partial charge in [0.15, 0.2) is 0 Å². The molecule has 2 N–H and O–H groups in total. The van der Waals surface area contributed by atoms with Crippen LogP contribution in [0, 0.1) is 6.92 Å². The highest BCUT2D eigenvalue weighted by molar-refractivity contribution is 6.30. The summed E-state index contributed by atoms with van der Waals surface area (Å²) >= 11 is 5.96. The van der Waals surface area contributed by atoms with Crippen molar-refractivity contribution in [3.8, 4) is 0 Å². The molecule has 1 amide bonds. The number of halogens is 1. The Hall–Kier alpha value is -2.79. The molecule has 122 valence electrons. The Labute approximate surface area is 144 Å². The number of benzene rings is 1. The zero-order valence-corrected chi connectivity index (χ0v) is 13.8. The summed E-state index contributed by atoms with van der Waals surface area (Å²) in [7, 11) is 0. The predicted molar refractivity (Wildman–Crippen MR) is 93.6 cm³/mol. The largest absolute Gasteiger partial charge is 0.467 e. The van der Waals surface area contributed by atoms with Gasteiger partial charge in [-0.05, 0) is 48.9 Å². The molecule has 0 radical (unpaired) electrons. The Morgan fingerprint density at radius 1 is 1.25 bits per heavy atom. The van der Waals surface area contributed by atoms with E-state index in [9.17, 15) is 4.79 Å². The fourth-order valence-corrected chi connectivity index (χ4v) is 2.46. The van der Waals surface area contributed by atoms with E-state index in [1.165, 1.54) is 6.20 Å². The van der Waals surface area contributed by atoms with Gasteiger partial charge in [0, 0.05) is 16.9 Å². The Morgan fingerprint density at radius 3 is 2.88 bits per heavy atom. The lowest BCUT2D eigenvalue weighted by Gasteiger charge is -2.11. The third-order valence-electron chi connectivity index (χ3n) is 3.47. The van der Waals surface area contributed by atoms with Crippen molar-refractivity contribution in [2.75, 3.05) is 5.32 Å². The summed E-state index contributed by atoms with van der Waals surface area (Å²) in [5.41, 5.74) is 3.12. The summed E-state index contributed by atoms with van der Waals surface area (Å²) in [6.07, 6.45) is 4.76. The molecule has 0 bridgehead atoms. The lowest BCUT2D eigenvalue weighted by molar-refractivity contribution is 0.0947. The monoisotopic (exact) mass is 341 g/mol. The normalized spacial score (nSPS) is 10.4. The van der Waals surface area contributed by atoms with Gasteiger partial charge in [-0.15, -0.1) is 0 Å². The first-order chi connectivity index (χ1) is 11.6. The van der Waals surface area contributed by atoms with E-state index in [-0.39, 0.29) is 5.91 Å². The molecule has 6 heteroatoms.